The Morgan fingerprint density at radius 2 is 2.05 bits per heavy atom. The first-order valence-corrected chi connectivity index (χ1v) is 7.10. The van der Waals surface area contributed by atoms with Gasteiger partial charge in [0.1, 0.15) is 0 Å². The van der Waals surface area contributed by atoms with Gasteiger partial charge in [-0.2, -0.15) is 0 Å². The van der Waals surface area contributed by atoms with Crippen LogP contribution < -0.4 is 0 Å². The number of hydrogen-bond acceptors (Lipinski definition) is 2. The van der Waals surface area contributed by atoms with Crippen molar-refractivity contribution < 1.29 is 9.53 Å². The van der Waals surface area contributed by atoms with E-state index >= 15 is 0 Å². The molecule has 0 saturated carbocycles. The summed E-state index contributed by atoms with van der Waals surface area (Å²) in [6.07, 6.45) is 6.86. The lowest BCUT2D eigenvalue weighted by Gasteiger charge is -2.07. The number of benzene rings is 1. The molecule has 0 amide bonds. The normalized spacial score (nSPS) is 12.3. The van der Waals surface area contributed by atoms with E-state index in [4.69, 9.17) is 4.74 Å². The molecule has 1 aromatic carbocycles. The van der Waals surface area contributed by atoms with Gasteiger partial charge in [-0.05, 0) is 43.7 Å². The zero-order valence-electron chi connectivity index (χ0n) is 12.5. The van der Waals surface area contributed by atoms with Gasteiger partial charge in [-0.3, -0.25) is 4.79 Å². The van der Waals surface area contributed by atoms with Gasteiger partial charge in [0.05, 0.1) is 12.7 Å². The highest BCUT2D eigenvalue weighted by Crippen LogP contribution is 2.14. The lowest BCUT2D eigenvalue weighted by molar-refractivity contribution is -0.137. The van der Waals surface area contributed by atoms with Crippen LogP contribution in [0.5, 0.6) is 0 Å². The highest BCUT2D eigenvalue weighted by Gasteiger charge is 2.03. The minimum Gasteiger partial charge on any atom is -0.435 e. The lowest BCUT2D eigenvalue weighted by atomic mass is 9.99. The van der Waals surface area contributed by atoms with Crippen molar-refractivity contribution in [3.8, 4) is 0 Å². The first-order valence-electron chi connectivity index (χ1n) is 7.10. The Kier molecular flexibility index (Phi) is 7.41. The van der Waals surface area contributed by atoms with E-state index in [0.717, 1.165) is 24.8 Å². The Hall–Kier alpha value is -1.83. The number of ether oxygens (including phenoxy) is 1. The second-order valence-electron chi connectivity index (χ2n) is 5.36. The summed E-state index contributed by atoms with van der Waals surface area (Å²) in [4.78, 5) is 11.6. The van der Waals surface area contributed by atoms with E-state index in [9.17, 15) is 4.79 Å². The maximum absolute atomic E-state index is 11.6. The summed E-state index contributed by atoms with van der Waals surface area (Å²) in [6.45, 7) is 8.14. The molecule has 0 bridgehead atoms. The fraction of sp³-hybridized carbons (Fsp3) is 0.389. The fourth-order valence-corrected chi connectivity index (χ4v) is 1.83. The zero-order chi connectivity index (χ0) is 14.8. The maximum atomic E-state index is 11.6. The van der Waals surface area contributed by atoms with Crippen molar-refractivity contribution >= 4 is 5.97 Å². The third-order valence-corrected chi connectivity index (χ3v) is 3.09. The highest BCUT2D eigenvalue weighted by molar-refractivity contribution is 5.73. The number of allylic oxidation sites excluding steroid dienone is 2. The van der Waals surface area contributed by atoms with Crippen LogP contribution in [0.3, 0.4) is 0 Å². The van der Waals surface area contributed by atoms with Crippen LogP contribution in [0.2, 0.25) is 0 Å². The van der Waals surface area contributed by atoms with Gasteiger partial charge in [0.25, 0.3) is 0 Å². The van der Waals surface area contributed by atoms with Crippen LogP contribution in [0.25, 0.3) is 0 Å². The summed E-state index contributed by atoms with van der Waals surface area (Å²) >= 11 is 0. The van der Waals surface area contributed by atoms with Gasteiger partial charge in [0.15, 0.2) is 0 Å². The van der Waals surface area contributed by atoms with Crippen molar-refractivity contribution in [3.63, 3.8) is 0 Å². The molecule has 2 heteroatoms. The topological polar surface area (TPSA) is 26.3 Å². The monoisotopic (exact) mass is 272 g/mol. The molecule has 0 aromatic heterocycles. The molecule has 0 radical (unpaired) electrons. The molecule has 0 saturated heterocycles. The van der Waals surface area contributed by atoms with Crippen molar-refractivity contribution in [1.29, 1.82) is 0 Å². The van der Waals surface area contributed by atoms with Crippen molar-refractivity contribution in [2.75, 3.05) is 0 Å². The maximum Gasteiger partial charge on any atom is 0.315 e. The van der Waals surface area contributed by atoms with Crippen molar-refractivity contribution in [1.82, 2.24) is 0 Å². The molecule has 0 aliphatic carbocycles. The largest absolute Gasteiger partial charge is 0.435 e. The van der Waals surface area contributed by atoms with E-state index in [0.29, 0.717) is 12.3 Å². The van der Waals surface area contributed by atoms with Gasteiger partial charge in [0, 0.05) is 0 Å². The second kappa shape index (κ2) is 9.13. The predicted octanol–water partition coefficient (Wildman–Crippen LogP) is 4.67. The minimum atomic E-state index is -0.220. The van der Waals surface area contributed by atoms with Crippen LogP contribution in [0.15, 0.2) is 54.8 Å². The third kappa shape index (κ3) is 7.57. The quantitative estimate of drug-likeness (QED) is 0.390. The molecular formula is C18H24O2. The average molecular weight is 272 g/mol. The smallest absolute Gasteiger partial charge is 0.315 e. The lowest BCUT2D eigenvalue weighted by Crippen LogP contribution is -2.03. The summed E-state index contributed by atoms with van der Waals surface area (Å²) in [5.41, 5.74) is 2.19. The van der Waals surface area contributed by atoms with Gasteiger partial charge >= 0.3 is 5.97 Å². The van der Waals surface area contributed by atoms with Crippen LogP contribution >= 0.6 is 0 Å². The number of rotatable bonds is 8. The second-order valence-corrected chi connectivity index (χ2v) is 5.36. The number of esters is 1. The Morgan fingerprint density at radius 3 is 2.70 bits per heavy atom. The molecule has 1 aromatic rings. The summed E-state index contributed by atoms with van der Waals surface area (Å²) in [7, 11) is 0. The van der Waals surface area contributed by atoms with Crippen LogP contribution in [-0.2, 0) is 16.0 Å². The van der Waals surface area contributed by atoms with Gasteiger partial charge in [-0.15, -0.1) is 6.58 Å². The van der Waals surface area contributed by atoms with Crippen LogP contribution in [0.4, 0.5) is 0 Å². The number of carbonyl (C=O) groups excluding carboxylic acids is 1. The average Bonchev–Trinajstić information content (AvgIpc) is 2.42. The van der Waals surface area contributed by atoms with Crippen LogP contribution in [-0.4, -0.2) is 5.97 Å². The van der Waals surface area contributed by atoms with E-state index in [1.807, 2.05) is 43.3 Å². The SMILES string of the molecule is C=C(C)CCC(C)C/C=C/OC(=O)Cc1ccccc1. The van der Waals surface area contributed by atoms with Crippen molar-refractivity contribution in [2.45, 2.75) is 39.5 Å². The van der Waals surface area contributed by atoms with Gasteiger partial charge in [-0.1, -0.05) is 42.8 Å². The van der Waals surface area contributed by atoms with E-state index in [1.165, 1.54) is 11.8 Å². The number of hydrogen-bond donors (Lipinski definition) is 0. The van der Waals surface area contributed by atoms with E-state index in [-0.39, 0.29) is 5.97 Å². The van der Waals surface area contributed by atoms with E-state index < -0.39 is 0 Å². The molecule has 108 valence electrons. The number of carbonyl (C=O) groups is 1. The molecule has 0 aliphatic rings. The Balaban J connectivity index is 2.20. The Morgan fingerprint density at radius 1 is 1.35 bits per heavy atom. The molecule has 2 nitrogen and oxygen atoms in total. The molecular weight excluding hydrogens is 248 g/mol. The van der Waals surface area contributed by atoms with Crippen molar-refractivity contribution in [2.24, 2.45) is 5.92 Å². The van der Waals surface area contributed by atoms with E-state index in [2.05, 4.69) is 13.5 Å². The molecule has 1 atom stereocenters. The highest BCUT2D eigenvalue weighted by atomic mass is 16.5. The summed E-state index contributed by atoms with van der Waals surface area (Å²) in [6, 6.07) is 9.61. The summed E-state index contributed by atoms with van der Waals surface area (Å²) in [5.74, 6) is 0.359. The molecule has 0 N–H and O–H groups in total. The van der Waals surface area contributed by atoms with E-state index in [1.54, 1.807) is 0 Å². The molecule has 0 heterocycles. The zero-order valence-corrected chi connectivity index (χ0v) is 12.5. The van der Waals surface area contributed by atoms with Gasteiger partial charge < -0.3 is 4.74 Å². The van der Waals surface area contributed by atoms with Crippen LogP contribution in [0.1, 0.15) is 38.7 Å². The van der Waals surface area contributed by atoms with Gasteiger partial charge in [0.2, 0.25) is 0 Å². The predicted molar refractivity (Wildman–Crippen MR) is 83.2 cm³/mol. The molecule has 1 rings (SSSR count). The minimum absolute atomic E-state index is 0.220. The van der Waals surface area contributed by atoms with Crippen LogP contribution in [0, 0.1) is 5.92 Å². The first kappa shape index (κ1) is 16.2. The molecule has 0 spiro atoms. The molecule has 0 aliphatic heterocycles. The summed E-state index contributed by atoms with van der Waals surface area (Å²) in [5, 5.41) is 0. The Bertz CT molecular complexity index is 446. The first-order chi connectivity index (χ1) is 9.58. The standard InChI is InChI=1S/C18H24O2/c1-15(2)11-12-16(3)8-7-13-20-18(19)14-17-9-5-4-6-10-17/h4-7,9-10,13,16H,1,8,11-12,14H2,2-3H3/b13-7+. The molecule has 20 heavy (non-hydrogen) atoms. The molecule has 1 unspecified atom stereocenters. The van der Waals surface area contributed by atoms with Crippen molar-refractivity contribution in [3.05, 3.63) is 60.4 Å². The van der Waals surface area contributed by atoms with Gasteiger partial charge in [-0.25, -0.2) is 0 Å². The third-order valence-electron chi connectivity index (χ3n) is 3.09. The fourth-order valence-electron chi connectivity index (χ4n) is 1.83. The molecule has 0 fully saturated rings. The Labute approximate surface area is 122 Å². The summed E-state index contributed by atoms with van der Waals surface area (Å²) < 4.78 is 5.08.